The zero-order valence-corrected chi connectivity index (χ0v) is 5.26. The Balaban J connectivity index is 4.19. The Labute approximate surface area is 53.6 Å². The van der Waals surface area contributed by atoms with Gasteiger partial charge in [-0.2, -0.15) is 0 Å². The first-order valence-electron chi connectivity index (χ1n) is 2.47. The van der Waals surface area contributed by atoms with Gasteiger partial charge in [-0.1, -0.05) is 6.58 Å². The van der Waals surface area contributed by atoms with Crippen molar-refractivity contribution in [3.63, 3.8) is 0 Å². The zero-order chi connectivity index (χ0) is 7.28. The van der Waals surface area contributed by atoms with Gasteiger partial charge in [0, 0.05) is 12.4 Å². The van der Waals surface area contributed by atoms with E-state index in [9.17, 15) is 4.39 Å². The van der Waals surface area contributed by atoms with Gasteiger partial charge >= 0.3 is 0 Å². The molecule has 0 heterocycles. The highest BCUT2D eigenvalue weighted by Crippen LogP contribution is 2.06. The van der Waals surface area contributed by atoms with E-state index in [2.05, 4.69) is 11.6 Å². The molecule has 2 N–H and O–H groups in total. The van der Waals surface area contributed by atoms with Crippen LogP contribution >= 0.6 is 0 Å². The van der Waals surface area contributed by atoms with E-state index < -0.39 is 5.83 Å². The standard InChI is InChI=1S/C6H9FN2/c1-3-9-6(4-8)5(2)7/h3-4H,2,8H2,1H3/b6-4-,9-3?. The summed E-state index contributed by atoms with van der Waals surface area (Å²) in [5, 5.41) is 0. The van der Waals surface area contributed by atoms with Crippen molar-refractivity contribution in [2.24, 2.45) is 10.7 Å². The number of rotatable bonds is 2. The highest BCUT2D eigenvalue weighted by atomic mass is 19.1. The third-order valence-corrected chi connectivity index (χ3v) is 0.704. The minimum Gasteiger partial charge on any atom is -0.403 e. The molecule has 0 unspecified atom stereocenters. The monoisotopic (exact) mass is 128 g/mol. The van der Waals surface area contributed by atoms with E-state index >= 15 is 0 Å². The summed E-state index contributed by atoms with van der Waals surface area (Å²) in [6.07, 6.45) is 2.52. The van der Waals surface area contributed by atoms with Crippen LogP contribution in [0.2, 0.25) is 0 Å². The van der Waals surface area contributed by atoms with Crippen LogP contribution in [-0.2, 0) is 0 Å². The summed E-state index contributed by atoms with van der Waals surface area (Å²) in [5.74, 6) is -0.615. The quantitative estimate of drug-likeness (QED) is 0.442. The predicted octanol–water partition coefficient (Wildman–Crippen LogP) is 1.36. The molecule has 0 aliphatic rings. The lowest BCUT2D eigenvalue weighted by atomic mass is 10.4. The average molecular weight is 128 g/mol. The van der Waals surface area contributed by atoms with Crippen molar-refractivity contribution < 1.29 is 4.39 Å². The third-order valence-electron chi connectivity index (χ3n) is 0.704. The van der Waals surface area contributed by atoms with Gasteiger partial charge in [0.05, 0.1) is 0 Å². The summed E-state index contributed by atoms with van der Waals surface area (Å²) in [4.78, 5) is 3.58. The molecule has 3 heteroatoms. The largest absolute Gasteiger partial charge is 0.403 e. The van der Waals surface area contributed by atoms with Gasteiger partial charge in [0.25, 0.3) is 0 Å². The summed E-state index contributed by atoms with van der Waals surface area (Å²) < 4.78 is 12.1. The van der Waals surface area contributed by atoms with Crippen LogP contribution in [0.5, 0.6) is 0 Å². The van der Waals surface area contributed by atoms with E-state index in [1.54, 1.807) is 6.92 Å². The highest BCUT2D eigenvalue weighted by Gasteiger charge is 1.93. The lowest BCUT2D eigenvalue weighted by molar-refractivity contribution is 0.653. The fourth-order valence-electron chi connectivity index (χ4n) is 0.343. The summed E-state index contributed by atoms with van der Waals surface area (Å²) in [5.41, 5.74) is 5.06. The van der Waals surface area contributed by atoms with Gasteiger partial charge in [-0.15, -0.1) is 0 Å². The molecular formula is C6H9FN2. The van der Waals surface area contributed by atoms with Gasteiger partial charge < -0.3 is 5.73 Å². The van der Waals surface area contributed by atoms with Gasteiger partial charge in [-0.3, -0.25) is 4.99 Å². The highest BCUT2D eigenvalue weighted by molar-refractivity contribution is 5.56. The van der Waals surface area contributed by atoms with Crippen molar-refractivity contribution in [3.05, 3.63) is 24.3 Å². The molecule has 0 bridgehead atoms. The Hall–Kier alpha value is -1.12. The normalized spacial score (nSPS) is 12.4. The first kappa shape index (κ1) is 7.88. The van der Waals surface area contributed by atoms with E-state index in [0.717, 1.165) is 6.20 Å². The van der Waals surface area contributed by atoms with Crippen molar-refractivity contribution >= 4 is 6.21 Å². The average Bonchev–Trinajstić information content (AvgIpc) is 1.82. The van der Waals surface area contributed by atoms with Crippen LogP contribution < -0.4 is 5.73 Å². The first-order valence-corrected chi connectivity index (χ1v) is 2.47. The molecule has 0 aromatic rings. The Morgan fingerprint density at radius 2 is 2.33 bits per heavy atom. The van der Waals surface area contributed by atoms with E-state index in [1.807, 2.05) is 0 Å². The van der Waals surface area contributed by atoms with Gasteiger partial charge in [-0.05, 0) is 6.92 Å². The molecule has 0 rings (SSSR count). The topological polar surface area (TPSA) is 38.4 Å². The maximum atomic E-state index is 12.1. The van der Waals surface area contributed by atoms with Crippen molar-refractivity contribution in [2.45, 2.75) is 6.92 Å². The second-order valence-electron chi connectivity index (χ2n) is 1.34. The van der Waals surface area contributed by atoms with Gasteiger partial charge in [0.1, 0.15) is 11.5 Å². The van der Waals surface area contributed by atoms with E-state index in [4.69, 9.17) is 5.73 Å². The molecule has 0 aromatic heterocycles. The molecular weight excluding hydrogens is 119 g/mol. The molecule has 0 radical (unpaired) electrons. The second-order valence-corrected chi connectivity index (χ2v) is 1.34. The Morgan fingerprint density at radius 1 is 1.78 bits per heavy atom. The summed E-state index contributed by atoms with van der Waals surface area (Å²) in [7, 11) is 0. The number of hydrogen-bond acceptors (Lipinski definition) is 2. The maximum absolute atomic E-state index is 12.1. The van der Waals surface area contributed by atoms with Crippen molar-refractivity contribution in [3.8, 4) is 0 Å². The molecule has 0 aliphatic heterocycles. The smallest absolute Gasteiger partial charge is 0.143 e. The Morgan fingerprint density at radius 3 is 2.44 bits per heavy atom. The molecule has 50 valence electrons. The van der Waals surface area contributed by atoms with Crippen LogP contribution in [0.15, 0.2) is 29.3 Å². The van der Waals surface area contributed by atoms with Crippen LogP contribution in [0.3, 0.4) is 0 Å². The Bertz CT molecular complexity index is 158. The van der Waals surface area contributed by atoms with Crippen LogP contribution in [0.4, 0.5) is 4.39 Å². The molecule has 0 aromatic carbocycles. The minimum atomic E-state index is -0.615. The van der Waals surface area contributed by atoms with Crippen LogP contribution in [0, 0.1) is 0 Å². The fourth-order valence-corrected chi connectivity index (χ4v) is 0.343. The minimum absolute atomic E-state index is 0.0810. The zero-order valence-electron chi connectivity index (χ0n) is 5.26. The number of halogens is 1. The lowest BCUT2D eigenvalue weighted by Gasteiger charge is -1.90. The van der Waals surface area contributed by atoms with Crippen LogP contribution in [0.1, 0.15) is 6.92 Å². The fraction of sp³-hybridized carbons (Fsp3) is 0.167. The third kappa shape index (κ3) is 2.64. The number of hydrogen-bond donors (Lipinski definition) is 1. The number of aliphatic imine (C=N–C) groups is 1. The van der Waals surface area contributed by atoms with Gasteiger partial charge in [0.2, 0.25) is 0 Å². The number of allylic oxidation sites excluding steroid dienone is 1. The van der Waals surface area contributed by atoms with Gasteiger partial charge in [-0.25, -0.2) is 4.39 Å². The molecule has 0 saturated carbocycles. The molecule has 0 spiro atoms. The Kier molecular flexibility index (Phi) is 3.35. The summed E-state index contributed by atoms with van der Waals surface area (Å²) >= 11 is 0. The maximum Gasteiger partial charge on any atom is 0.143 e. The predicted molar refractivity (Wildman–Crippen MR) is 36.7 cm³/mol. The molecule has 0 atom stereocenters. The summed E-state index contributed by atoms with van der Waals surface area (Å²) in [6, 6.07) is 0. The molecule has 2 nitrogen and oxygen atoms in total. The molecule has 0 fully saturated rings. The van der Waals surface area contributed by atoms with Crippen LogP contribution in [-0.4, -0.2) is 6.21 Å². The number of nitrogens with zero attached hydrogens (tertiary/aromatic N) is 1. The molecule has 0 aliphatic carbocycles. The van der Waals surface area contributed by atoms with Crippen molar-refractivity contribution in [2.75, 3.05) is 0 Å². The molecule has 9 heavy (non-hydrogen) atoms. The van der Waals surface area contributed by atoms with Crippen molar-refractivity contribution in [1.29, 1.82) is 0 Å². The molecule has 0 saturated heterocycles. The van der Waals surface area contributed by atoms with Crippen LogP contribution in [0.25, 0.3) is 0 Å². The van der Waals surface area contributed by atoms with E-state index in [0.29, 0.717) is 0 Å². The lowest BCUT2D eigenvalue weighted by Crippen LogP contribution is -1.85. The van der Waals surface area contributed by atoms with Crippen molar-refractivity contribution in [1.82, 2.24) is 0 Å². The number of nitrogens with two attached hydrogens (primary N) is 1. The van der Waals surface area contributed by atoms with E-state index in [-0.39, 0.29) is 5.70 Å². The first-order chi connectivity index (χ1) is 4.22. The van der Waals surface area contributed by atoms with Gasteiger partial charge in [0.15, 0.2) is 0 Å². The SMILES string of the molecule is C=C(F)/C(=C/N)N=CC. The second kappa shape index (κ2) is 3.83. The summed E-state index contributed by atoms with van der Waals surface area (Å²) in [6.45, 7) is 4.69. The van der Waals surface area contributed by atoms with E-state index in [1.165, 1.54) is 6.21 Å². The molecule has 0 amide bonds.